The minimum Gasteiger partial charge on any atom is -0.421 e. The highest BCUT2D eigenvalue weighted by Gasteiger charge is 2.07. The van der Waals surface area contributed by atoms with Crippen LogP contribution in [-0.4, -0.2) is 15.5 Å². The Bertz CT molecular complexity index is 371. The Kier molecular flexibility index (Phi) is 2.75. The highest BCUT2D eigenvalue weighted by atomic mass is 79.9. The molecule has 0 aliphatic carbocycles. The molecule has 0 radical (unpaired) electrons. The van der Waals surface area contributed by atoms with E-state index in [1.54, 1.807) is 11.3 Å². The van der Waals surface area contributed by atoms with E-state index in [1.807, 2.05) is 16.8 Å². The Morgan fingerprint density at radius 1 is 1.46 bits per heavy atom. The van der Waals surface area contributed by atoms with Crippen LogP contribution < -0.4 is 0 Å². The van der Waals surface area contributed by atoms with E-state index < -0.39 is 0 Å². The average molecular weight is 259 g/mol. The molecule has 13 heavy (non-hydrogen) atoms. The maximum Gasteiger partial charge on any atom is 0.248 e. The Morgan fingerprint density at radius 2 is 2.38 bits per heavy atom. The molecular weight excluding hydrogens is 252 g/mol. The zero-order valence-electron chi connectivity index (χ0n) is 6.74. The molecule has 0 aliphatic rings. The maximum atomic E-state index is 5.42. The summed E-state index contributed by atoms with van der Waals surface area (Å²) >= 11 is 4.94. The average Bonchev–Trinajstić information content (AvgIpc) is 2.70. The Balaban J connectivity index is 2.23. The van der Waals surface area contributed by atoms with Gasteiger partial charge in [0.25, 0.3) is 0 Å². The second-order valence-electron chi connectivity index (χ2n) is 2.45. The van der Waals surface area contributed by atoms with Crippen molar-refractivity contribution >= 4 is 27.3 Å². The van der Waals surface area contributed by atoms with E-state index in [-0.39, 0.29) is 0 Å². The van der Waals surface area contributed by atoms with Gasteiger partial charge in [0.1, 0.15) is 0 Å². The first kappa shape index (κ1) is 8.90. The largest absolute Gasteiger partial charge is 0.421 e. The number of halogens is 1. The second-order valence-corrected chi connectivity index (χ2v) is 4.02. The van der Waals surface area contributed by atoms with Crippen LogP contribution in [0.4, 0.5) is 0 Å². The molecule has 0 aromatic carbocycles. The normalized spacial score (nSPS) is 10.5. The van der Waals surface area contributed by atoms with Gasteiger partial charge in [-0.25, -0.2) is 0 Å². The summed E-state index contributed by atoms with van der Waals surface area (Å²) in [5.41, 5.74) is 0.998. The molecule has 0 atom stereocenters. The fourth-order valence-corrected chi connectivity index (χ4v) is 1.91. The molecular formula is C8H7BrN2OS. The minimum atomic E-state index is 0.609. The molecule has 0 N–H and O–H groups in total. The number of alkyl halides is 1. The second kappa shape index (κ2) is 4.02. The Morgan fingerprint density at radius 3 is 3.08 bits per heavy atom. The summed E-state index contributed by atoms with van der Waals surface area (Å²) in [5, 5.41) is 12.7. The number of aryl methyl sites for hydroxylation is 1. The van der Waals surface area contributed by atoms with Crippen molar-refractivity contribution in [2.75, 3.05) is 5.33 Å². The molecule has 0 saturated carbocycles. The molecule has 5 heteroatoms. The first-order valence-corrected chi connectivity index (χ1v) is 5.87. The lowest BCUT2D eigenvalue weighted by molar-refractivity contribution is 0.515. The van der Waals surface area contributed by atoms with Gasteiger partial charge in [0.15, 0.2) is 0 Å². The molecule has 0 unspecified atom stereocenters. The van der Waals surface area contributed by atoms with Gasteiger partial charge in [0, 0.05) is 22.7 Å². The minimum absolute atomic E-state index is 0.609. The van der Waals surface area contributed by atoms with E-state index in [0.29, 0.717) is 11.8 Å². The number of rotatable bonds is 3. The SMILES string of the molecule is BrCCc1nnc(-c2ccsc2)o1. The van der Waals surface area contributed by atoms with Crippen molar-refractivity contribution in [1.82, 2.24) is 10.2 Å². The Labute approximate surface area is 87.9 Å². The molecule has 0 amide bonds. The van der Waals surface area contributed by atoms with Gasteiger partial charge in [-0.1, -0.05) is 15.9 Å². The first-order chi connectivity index (χ1) is 6.40. The smallest absolute Gasteiger partial charge is 0.248 e. The van der Waals surface area contributed by atoms with Crippen LogP contribution in [0.3, 0.4) is 0 Å². The van der Waals surface area contributed by atoms with Crippen LogP contribution in [0.15, 0.2) is 21.2 Å². The summed E-state index contributed by atoms with van der Waals surface area (Å²) in [5.74, 6) is 1.29. The Hall–Kier alpha value is -0.680. The monoisotopic (exact) mass is 258 g/mol. The highest BCUT2D eigenvalue weighted by molar-refractivity contribution is 9.09. The summed E-state index contributed by atoms with van der Waals surface area (Å²) in [6, 6.07) is 1.97. The third kappa shape index (κ3) is 1.97. The van der Waals surface area contributed by atoms with Gasteiger partial charge >= 0.3 is 0 Å². The maximum absolute atomic E-state index is 5.42. The molecule has 0 spiro atoms. The van der Waals surface area contributed by atoms with Gasteiger partial charge in [-0.15, -0.1) is 10.2 Å². The number of nitrogens with zero attached hydrogens (tertiary/aromatic N) is 2. The molecule has 2 rings (SSSR count). The quantitative estimate of drug-likeness (QED) is 0.795. The number of hydrogen-bond donors (Lipinski definition) is 0. The van der Waals surface area contributed by atoms with Crippen LogP contribution in [0.1, 0.15) is 5.89 Å². The molecule has 68 valence electrons. The van der Waals surface area contributed by atoms with Crippen molar-refractivity contribution < 1.29 is 4.42 Å². The fourth-order valence-electron chi connectivity index (χ4n) is 0.938. The van der Waals surface area contributed by atoms with Crippen LogP contribution >= 0.6 is 27.3 Å². The van der Waals surface area contributed by atoms with E-state index in [2.05, 4.69) is 26.1 Å². The van der Waals surface area contributed by atoms with Crippen LogP contribution in [0.5, 0.6) is 0 Å². The summed E-state index contributed by atoms with van der Waals surface area (Å²) in [7, 11) is 0. The van der Waals surface area contributed by atoms with Crippen LogP contribution in [0, 0.1) is 0 Å². The standard InChI is InChI=1S/C8H7BrN2OS/c9-3-1-7-10-11-8(12-7)6-2-4-13-5-6/h2,4-5H,1,3H2. The van der Waals surface area contributed by atoms with Crippen LogP contribution in [0.25, 0.3) is 11.5 Å². The van der Waals surface area contributed by atoms with Crippen LogP contribution in [-0.2, 0) is 6.42 Å². The lowest BCUT2D eigenvalue weighted by Crippen LogP contribution is -1.83. The predicted molar refractivity (Wildman–Crippen MR) is 55.1 cm³/mol. The topological polar surface area (TPSA) is 38.9 Å². The van der Waals surface area contributed by atoms with E-state index in [4.69, 9.17) is 4.42 Å². The highest BCUT2D eigenvalue weighted by Crippen LogP contribution is 2.20. The van der Waals surface area contributed by atoms with Gasteiger partial charge in [0.05, 0.1) is 0 Å². The molecule has 3 nitrogen and oxygen atoms in total. The van der Waals surface area contributed by atoms with Crippen molar-refractivity contribution in [1.29, 1.82) is 0 Å². The van der Waals surface area contributed by atoms with E-state index in [9.17, 15) is 0 Å². The van der Waals surface area contributed by atoms with Gasteiger partial charge < -0.3 is 4.42 Å². The van der Waals surface area contributed by atoms with Gasteiger partial charge in [-0.3, -0.25) is 0 Å². The molecule has 2 heterocycles. The molecule has 0 saturated heterocycles. The summed E-state index contributed by atoms with van der Waals surface area (Å²) < 4.78 is 5.42. The number of hydrogen-bond acceptors (Lipinski definition) is 4. The third-order valence-corrected chi connectivity index (χ3v) is 2.62. The van der Waals surface area contributed by atoms with Crippen molar-refractivity contribution in [3.63, 3.8) is 0 Å². The molecule has 0 aliphatic heterocycles. The lowest BCUT2D eigenvalue weighted by Gasteiger charge is -1.86. The third-order valence-electron chi connectivity index (χ3n) is 1.54. The van der Waals surface area contributed by atoms with Crippen molar-refractivity contribution in [3.8, 4) is 11.5 Å². The lowest BCUT2D eigenvalue weighted by atomic mass is 10.3. The first-order valence-electron chi connectivity index (χ1n) is 3.81. The molecule has 0 fully saturated rings. The van der Waals surface area contributed by atoms with E-state index in [0.717, 1.165) is 17.3 Å². The van der Waals surface area contributed by atoms with Gasteiger partial charge in [-0.05, 0) is 11.4 Å². The van der Waals surface area contributed by atoms with Gasteiger partial charge in [0.2, 0.25) is 11.8 Å². The van der Waals surface area contributed by atoms with Crippen LogP contribution in [0.2, 0.25) is 0 Å². The number of aromatic nitrogens is 2. The van der Waals surface area contributed by atoms with Gasteiger partial charge in [-0.2, -0.15) is 11.3 Å². The van der Waals surface area contributed by atoms with Crippen molar-refractivity contribution in [3.05, 3.63) is 22.7 Å². The molecule has 0 bridgehead atoms. The zero-order chi connectivity index (χ0) is 9.10. The zero-order valence-corrected chi connectivity index (χ0v) is 9.14. The summed E-state index contributed by atoms with van der Waals surface area (Å²) in [6.07, 6.45) is 0.775. The number of thiophene rings is 1. The van der Waals surface area contributed by atoms with Crippen molar-refractivity contribution in [2.24, 2.45) is 0 Å². The van der Waals surface area contributed by atoms with Crippen molar-refractivity contribution in [2.45, 2.75) is 6.42 Å². The summed E-state index contributed by atoms with van der Waals surface area (Å²) in [6.45, 7) is 0. The summed E-state index contributed by atoms with van der Waals surface area (Å²) in [4.78, 5) is 0. The molecule has 2 aromatic rings. The molecule has 2 aromatic heterocycles. The van der Waals surface area contributed by atoms with E-state index in [1.165, 1.54) is 0 Å². The fraction of sp³-hybridized carbons (Fsp3) is 0.250. The van der Waals surface area contributed by atoms with E-state index >= 15 is 0 Å². The predicted octanol–water partition coefficient (Wildman–Crippen LogP) is 2.74.